The van der Waals surface area contributed by atoms with Crippen molar-refractivity contribution in [3.8, 4) is 28.5 Å². The Morgan fingerprint density at radius 1 is 0.848 bits per heavy atom. The highest BCUT2D eigenvalue weighted by molar-refractivity contribution is 5.94. The molecule has 0 amide bonds. The molecule has 0 radical (unpaired) electrons. The van der Waals surface area contributed by atoms with E-state index in [1.54, 1.807) is 14.2 Å². The minimum Gasteiger partial charge on any atom is -0.497 e. The van der Waals surface area contributed by atoms with Gasteiger partial charge in [-0.3, -0.25) is 0 Å². The average molecular weight is 449 g/mol. The van der Waals surface area contributed by atoms with Crippen LogP contribution in [0.1, 0.15) is 44.1 Å². The van der Waals surface area contributed by atoms with Gasteiger partial charge in [0.1, 0.15) is 17.2 Å². The fourth-order valence-electron chi connectivity index (χ4n) is 5.50. The van der Waals surface area contributed by atoms with Crippen LogP contribution in [-0.2, 0) is 13.0 Å². The predicted molar refractivity (Wildman–Crippen MR) is 134 cm³/mol. The summed E-state index contributed by atoms with van der Waals surface area (Å²) in [6, 6.07) is 12.7. The van der Waals surface area contributed by atoms with Crippen LogP contribution < -0.4 is 14.2 Å². The summed E-state index contributed by atoms with van der Waals surface area (Å²) in [7, 11) is 3.45. The number of hydrogen-bond acceptors (Lipinski definition) is 4. The smallest absolute Gasteiger partial charge is 0.132 e. The molecule has 5 heteroatoms. The molecule has 5 rings (SSSR count). The summed E-state index contributed by atoms with van der Waals surface area (Å²) in [5, 5.41) is 1.28. The van der Waals surface area contributed by atoms with Crippen molar-refractivity contribution in [2.45, 2.75) is 51.5 Å². The number of nitrogens with zero attached hydrogens (tertiary/aromatic N) is 2. The second kappa shape index (κ2) is 10.1. The summed E-state index contributed by atoms with van der Waals surface area (Å²) in [4.78, 5) is 2.65. The summed E-state index contributed by atoms with van der Waals surface area (Å²) in [6.07, 6.45) is 8.76. The van der Waals surface area contributed by atoms with E-state index in [0.29, 0.717) is 6.61 Å². The molecule has 2 aliphatic rings. The van der Waals surface area contributed by atoms with Crippen molar-refractivity contribution in [2.75, 3.05) is 40.5 Å². The number of aromatic nitrogens is 1. The van der Waals surface area contributed by atoms with E-state index in [0.717, 1.165) is 35.8 Å². The Kier molecular flexibility index (Phi) is 6.77. The SMILES string of the molecule is COc1ccc2c(c1)OCCc1c-2n(CCCCCN2CCCCC2)c2ccc(OC)cc12. The van der Waals surface area contributed by atoms with Crippen molar-refractivity contribution >= 4 is 10.9 Å². The van der Waals surface area contributed by atoms with E-state index in [4.69, 9.17) is 14.2 Å². The zero-order valence-corrected chi connectivity index (χ0v) is 20.1. The van der Waals surface area contributed by atoms with Crippen molar-refractivity contribution in [2.24, 2.45) is 0 Å². The number of aryl methyl sites for hydroxylation is 1. The van der Waals surface area contributed by atoms with Gasteiger partial charge in [-0.05, 0) is 81.2 Å². The number of piperidine rings is 1. The lowest BCUT2D eigenvalue weighted by molar-refractivity contribution is 0.224. The molecule has 0 spiro atoms. The monoisotopic (exact) mass is 448 g/mol. The Bertz CT molecular complexity index is 1100. The topological polar surface area (TPSA) is 35.9 Å². The number of hydrogen-bond donors (Lipinski definition) is 0. The maximum absolute atomic E-state index is 6.17. The van der Waals surface area contributed by atoms with E-state index in [-0.39, 0.29) is 0 Å². The molecule has 2 aliphatic heterocycles. The highest BCUT2D eigenvalue weighted by Crippen LogP contribution is 2.43. The molecule has 3 aromatic rings. The van der Waals surface area contributed by atoms with Crippen LogP contribution in [0.2, 0.25) is 0 Å². The Morgan fingerprint density at radius 3 is 2.42 bits per heavy atom. The lowest BCUT2D eigenvalue weighted by Crippen LogP contribution is -2.30. The molecule has 0 bridgehead atoms. The van der Waals surface area contributed by atoms with Gasteiger partial charge in [-0.2, -0.15) is 0 Å². The number of methoxy groups -OCH3 is 2. The Morgan fingerprint density at radius 2 is 1.61 bits per heavy atom. The first-order valence-corrected chi connectivity index (χ1v) is 12.5. The van der Waals surface area contributed by atoms with E-state index in [9.17, 15) is 0 Å². The van der Waals surface area contributed by atoms with Crippen LogP contribution in [0.25, 0.3) is 22.2 Å². The second-order valence-corrected chi connectivity index (χ2v) is 9.29. The number of unbranched alkanes of at least 4 members (excludes halogenated alkanes) is 2. The lowest BCUT2D eigenvalue weighted by atomic mass is 10.0. The van der Waals surface area contributed by atoms with Gasteiger partial charge in [0.25, 0.3) is 0 Å². The molecule has 5 nitrogen and oxygen atoms in total. The summed E-state index contributed by atoms with van der Waals surface area (Å²) in [5.41, 5.74) is 5.11. The highest BCUT2D eigenvalue weighted by Gasteiger charge is 2.24. The van der Waals surface area contributed by atoms with Gasteiger partial charge < -0.3 is 23.7 Å². The molecule has 1 fully saturated rings. The van der Waals surface area contributed by atoms with Crippen molar-refractivity contribution in [1.29, 1.82) is 0 Å². The highest BCUT2D eigenvalue weighted by atomic mass is 16.5. The van der Waals surface area contributed by atoms with Gasteiger partial charge in [0.15, 0.2) is 0 Å². The lowest BCUT2D eigenvalue weighted by Gasteiger charge is -2.26. The molecular weight excluding hydrogens is 412 g/mol. The molecule has 0 N–H and O–H groups in total. The zero-order chi connectivity index (χ0) is 22.6. The maximum atomic E-state index is 6.17. The fraction of sp³-hybridized carbons (Fsp3) is 0.500. The third kappa shape index (κ3) is 4.56. The summed E-state index contributed by atoms with van der Waals surface area (Å²) in [6.45, 7) is 5.51. The average Bonchev–Trinajstić information content (AvgIpc) is 3.03. The van der Waals surface area contributed by atoms with Crippen molar-refractivity contribution < 1.29 is 14.2 Å². The van der Waals surface area contributed by atoms with E-state index in [1.807, 2.05) is 12.1 Å². The molecule has 2 aromatic carbocycles. The van der Waals surface area contributed by atoms with Crippen LogP contribution in [0, 0.1) is 0 Å². The van der Waals surface area contributed by atoms with Crippen LogP contribution in [0.15, 0.2) is 36.4 Å². The first-order valence-electron chi connectivity index (χ1n) is 12.5. The Labute approximate surface area is 197 Å². The molecule has 33 heavy (non-hydrogen) atoms. The fourth-order valence-corrected chi connectivity index (χ4v) is 5.50. The molecule has 1 saturated heterocycles. The first-order chi connectivity index (χ1) is 16.3. The van der Waals surface area contributed by atoms with Gasteiger partial charge in [0.2, 0.25) is 0 Å². The van der Waals surface area contributed by atoms with Crippen molar-refractivity contribution in [3.63, 3.8) is 0 Å². The van der Waals surface area contributed by atoms with Crippen LogP contribution in [0.5, 0.6) is 17.2 Å². The number of ether oxygens (including phenoxy) is 3. The number of benzene rings is 2. The summed E-state index contributed by atoms with van der Waals surface area (Å²) >= 11 is 0. The molecule has 3 heterocycles. The third-order valence-corrected chi connectivity index (χ3v) is 7.23. The first kappa shape index (κ1) is 22.1. The zero-order valence-electron chi connectivity index (χ0n) is 20.1. The minimum absolute atomic E-state index is 0.666. The minimum atomic E-state index is 0.666. The van der Waals surface area contributed by atoms with Crippen LogP contribution in [0.4, 0.5) is 0 Å². The largest absolute Gasteiger partial charge is 0.497 e. The Balaban J connectivity index is 1.44. The van der Waals surface area contributed by atoms with Crippen LogP contribution in [0.3, 0.4) is 0 Å². The number of rotatable bonds is 8. The van der Waals surface area contributed by atoms with Gasteiger partial charge >= 0.3 is 0 Å². The van der Waals surface area contributed by atoms with E-state index in [2.05, 4.69) is 33.7 Å². The molecule has 0 atom stereocenters. The predicted octanol–water partition coefficient (Wildman–Crippen LogP) is 5.92. The summed E-state index contributed by atoms with van der Waals surface area (Å²) < 4.78 is 19.7. The molecule has 176 valence electrons. The molecule has 0 unspecified atom stereocenters. The van der Waals surface area contributed by atoms with Crippen molar-refractivity contribution in [3.05, 3.63) is 42.0 Å². The van der Waals surface area contributed by atoms with E-state index in [1.165, 1.54) is 80.3 Å². The third-order valence-electron chi connectivity index (χ3n) is 7.23. The normalized spacial score (nSPS) is 16.1. The van der Waals surface area contributed by atoms with E-state index >= 15 is 0 Å². The van der Waals surface area contributed by atoms with Crippen LogP contribution in [-0.4, -0.2) is 49.9 Å². The molecule has 1 aromatic heterocycles. The van der Waals surface area contributed by atoms with Crippen LogP contribution >= 0.6 is 0 Å². The Hall–Kier alpha value is -2.66. The standard InChI is InChI=1S/C28H36N2O3/c1-31-21-10-12-26-25(19-21)23-13-18-33-27-20-22(32-2)9-11-24(27)28(23)30(26)17-8-4-7-16-29-14-5-3-6-15-29/h9-12,19-20H,3-8,13-18H2,1-2H3. The maximum Gasteiger partial charge on any atom is 0.132 e. The van der Waals surface area contributed by atoms with Gasteiger partial charge in [0.05, 0.1) is 26.5 Å². The van der Waals surface area contributed by atoms with Gasteiger partial charge in [0, 0.05) is 35.5 Å². The molecule has 0 aliphatic carbocycles. The van der Waals surface area contributed by atoms with Crippen molar-refractivity contribution in [1.82, 2.24) is 9.47 Å². The van der Waals surface area contributed by atoms with Gasteiger partial charge in [-0.15, -0.1) is 0 Å². The molecule has 0 saturated carbocycles. The van der Waals surface area contributed by atoms with Gasteiger partial charge in [-0.1, -0.05) is 12.8 Å². The van der Waals surface area contributed by atoms with Gasteiger partial charge in [-0.25, -0.2) is 0 Å². The van der Waals surface area contributed by atoms with E-state index < -0.39 is 0 Å². The number of likely N-dealkylation sites (tertiary alicyclic amines) is 1. The second-order valence-electron chi connectivity index (χ2n) is 9.29. The number of fused-ring (bicyclic) bond motifs is 5. The molecular formula is C28H36N2O3. The summed E-state index contributed by atoms with van der Waals surface area (Å²) in [5.74, 6) is 2.65. The quantitative estimate of drug-likeness (QED) is 0.401.